The van der Waals surface area contributed by atoms with E-state index in [0.29, 0.717) is 17.5 Å². The second-order valence-corrected chi connectivity index (χ2v) is 4.38. The number of hydrogen-bond donors (Lipinski definition) is 1. The summed E-state index contributed by atoms with van der Waals surface area (Å²) in [5.41, 5.74) is 0.889. The highest BCUT2D eigenvalue weighted by atomic mass is 35.5. The van der Waals surface area contributed by atoms with Crippen LogP contribution in [-0.2, 0) is 11.3 Å². The normalized spacial score (nSPS) is 10.8. The molecule has 0 atom stereocenters. The first-order valence-electron chi connectivity index (χ1n) is 5.76. The zero-order valence-electron chi connectivity index (χ0n) is 10.4. The molecule has 4 nitrogen and oxygen atoms in total. The molecular weight excluding hydrogens is 264 g/mol. The number of nitrogens with zero attached hydrogens (tertiary/aromatic N) is 1. The molecule has 5 heteroatoms. The molecule has 1 N–H and O–H groups in total. The Morgan fingerprint density at radius 1 is 1.42 bits per heavy atom. The van der Waals surface area contributed by atoms with Gasteiger partial charge in [-0.2, -0.15) is 0 Å². The second kappa shape index (κ2) is 6.20. The second-order valence-electron chi connectivity index (χ2n) is 3.99. The molecule has 0 aliphatic rings. The van der Waals surface area contributed by atoms with Crippen molar-refractivity contribution in [1.29, 1.82) is 0 Å². The maximum absolute atomic E-state index is 11.6. The Balaban J connectivity index is 1.84. The van der Waals surface area contributed by atoms with Crippen molar-refractivity contribution in [2.45, 2.75) is 13.5 Å². The van der Waals surface area contributed by atoms with Gasteiger partial charge in [0, 0.05) is 18.8 Å². The van der Waals surface area contributed by atoms with Crippen LogP contribution in [0.25, 0.3) is 6.08 Å². The molecule has 0 aromatic carbocycles. The van der Waals surface area contributed by atoms with E-state index in [9.17, 15) is 4.79 Å². The van der Waals surface area contributed by atoms with E-state index < -0.39 is 0 Å². The number of aryl methyl sites for hydroxylation is 1. The van der Waals surface area contributed by atoms with Gasteiger partial charge < -0.3 is 9.73 Å². The van der Waals surface area contributed by atoms with Crippen molar-refractivity contribution in [3.05, 3.63) is 58.8 Å². The number of nitrogens with one attached hydrogen (secondary N) is 1. The van der Waals surface area contributed by atoms with Crippen molar-refractivity contribution >= 4 is 23.6 Å². The topological polar surface area (TPSA) is 55.1 Å². The third-order valence-electron chi connectivity index (χ3n) is 2.42. The lowest BCUT2D eigenvalue weighted by Gasteiger charge is -2.01. The van der Waals surface area contributed by atoms with Crippen LogP contribution in [-0.4, -0.2) is 10.9 Å². The fourth-order valence-corrected chi connectivity index (χ4v) is 1.57. The molecular formula is C14H13ClN2O2. The first-order chi connectivity index (χ1) is 9.13. The molecule has 0 spiro atoms. The van der Waals surface area contributed by atoms with Gasteiger partial charge in [-0.05, 0) is 36.8 Å². The van der Waals surface area contributed by atoms with Crippen molar-refractivity contribution in [3.63, 3.8) is 0 Å². The maximum Gasteiger partial charge on any atom is 0.244 e. The quantitative estimate of drug-likeness (QED) is 0.690. The van der Waals surface area contributed by atoms with Gasteiger partial charge in [-0.3, -0.25) is 4.79 Å². The smallest absolute Gasteiger partial charge is 0.244 e. The molecule has 0 radical (unpaired) electrons. The highest BCUT2D eigenvalue weighted by Gasteiger charge is 1.99. The average Bonchev–Trinajstić information content (AvgIpc) is 2.81. The minimum Gasteiger partial charge on any atom is -0.462 e. The summed E-state index contributed by atoms with van der Waals surface area (Å²) >= 11 is 5.67. The minimum absolute atomic E-state index is 0.191. The summed E-state index contributed by atoms with van der Waals surface area (Å²) in [5, 5.41) is 3.18. The lowest BCUT2D eigenvalue weighted by atomic mass is 10.3. The first-order valence-corrected chi connectivity index (χ1v) is 6.14. The Kier molecular flexibility index (Phi) is 4.36. The van der Waals surface area contributed by atoms with Crippen LogP contribution in [0.3, 0.4) is 0 Å². The molecule has 2 rings (SSSR count). The third kappa shape index (κ3) is 4.26. The summed E-state index contributed by atoms with van der Waals surface area (Å²) in [4.78, 5) is 15.5. The molecule has 98 valence electrons. The van der Waals surface area contributed by atoms with Gasteiger partial charge in [0.1, 0.15) is 16.7 Å². The molecule has 19 heavy (non-hydrogen) atoms. The Hall–Kier alpha value is -2.07. The summed E-state index contributed by atoms with van der Waals surface area (Å²) in [6.45, 7) is 2.26. The molecule has 0 saturated carbocycles. The van der Waals surface area contributed by atoms with Crippen LogP contribution in [0, 0.1) is 6.92 Å². The molecule has 2 aromatic rings. The standard InChI is InChI=1S/C14H13ClN2O2/c1-10-2-4-12(19-10)5-7-14(18)17-9-11-3-6-13(15)16-8-11/h2-8H,9H2,1H3,(H,17,18)/b7-5+. The average molecular weight is 277 g/mol. The fourth-order valence-electron chi connectivity index (χ4n) is 1.46. The van der Waals surface area contributed by atoms with Crippen LogP contribution in [0.15, 0.2) is 41.0 Å². The van der Waals surface area contributed by atoms with E-state index in [2.05, 4.69) is 10.3 Å². The van der Waals surface area contributed by atoms with Crippen molar-refractivity contribution in [2.75, 3.05) is 0 Å². The molecule has 0 aliphatic heterocycles. The van der Waals surface area contributed by atoms with Crippen molar-refractivity contribution in [1.82, 2.24) is 10.3 Å². The Morgan fingerprint density at radius 2 is 2.26 bits per heavy atom. The van der Waals surface area contributed by atoms with Crippen LogP contribution in [0.1, 0.15) is 17.1 Å². The molecule has 0 fully saturated rings. The Labute approximate surface area is 116 Å². The van der Waals surface area contributed by atoms with Crippen molar-refractivity contribution < 1.29 is 9.21 Å². The highest BCUT2D eigenvalue weighted by Crippen LogP contribution is 2.08. The summed E-state index contributed by atoms with van der Waals surface area (Å²) in [7, 11) is 0. The molecule has 0 saturated heterocycles. The summed E-state index contributed by atoms with van der Waals surface area (Å²) in [6.07, 6.45) is 4.69. The van der Waals surface area contributed by atoms with Gasteiger partial charge in [0.25, 0.3) is 0 Å². The van der Waals surface area contributed by atoms with Gasteiger partial charge in [0.2, 0.25) is 5.91 Å². The summed E-state index contributed by atoms with van der Waals surface area (Å²) in [6, 6.07) is 7.15. The minimum atomic E-state index is -0.191. The van der Waals surface area contributed by atoms with E-state index in [4.69, 9.17) is 16.0 Å². The Morgan fingerprint density at radius 3 is 2.89 bits per heavy atom. The predicted octanol–water partition coefficient (Wildman–Crippen LogP) is 2.97. The molecule has 0 aliphatic carbocycles. The number of carbonyl (C=O) groups excluding carboxylic acids is 1. The number of hydrogen-bond acceptors (Lipinski definition) is 3. The number of halogens is 1. The zero-order valence-corrected chi connectivity index (χ0v) is 11.1. The number of furan rings is 1. The van der Waals surface area contributed by atoms with E-state index in [1.165, 1.54) is 6.08 Å². The molecule has 0 bridgehead atoms. The van der Waals surface area contributed by atoms with Crippen LogP contribution in [0.5, 0.6) is 0 Å². The van der Waals surface area contributed by atoms with Gasteiger partial charge in [-0.15, -0.1) is 0 Å². The zero-order chi connectivity index (χ0) is 13.7. The first kappa shape index (κ1) is 13.4. The maximum atomic E-state index is 11.6. The number of rotatable bonds is 4. The monoisotopic (exact) mass is 276 g/mol. The van der Waals surface area contributed by atoms with Gasteiger partial charge >= 0.3 is 0 Å². The van der Waals surface area contributed by atoms with E-state index >= 15 is 0 Å². The molecule has 2 aromatic heterocycles. The predicted molar refractivity (Wildman–Crippen MR) is 73.6 cm³/mol. The van der Waals surface area contributed by atoms with Gasteiger partial charge in [0.05, 0.1) is 0 Å². The number of carbonyl (C=O) groups is 1. The molecule has 1 amide bonds. The number of amides is 1. The fraction of sp³-hybridized carbons (Fsp3) is 0.143. The van der Waals surface area contributed by atoms with E-state index in [1.54, 1.807) is 18.3 Å². The lowest BCUT2D eigenvalue weighted by molar-refractivity contribution is -0.116. The van der Waals surface area contributed by atoms with Crippen LogP contribution < -0.4 is 5.32 Å². The van der Waals surface area contributed by atoms with Crippen LogP contribution in [0.4, 0.5) is 0 Å². The molecule has 2 heterocycles. The third-order valence-corrected chi connectivity index (χ3v) is 2.64. The largest absolute Gasteiger partial charge is 0.462 e. The summed E-state index contributed by atoms with van der Waals surface area (Å²) < 4.78 is 5.32. The van der Waals surface area contributed by atoms with E-state index in [1.807, 2.05) is 25.1 Å². The van der Waals surface area contributed by atoms with Gasteiger partial charge in [0.15, 0.2) is 0 Å². The molecule has 0 unspecified atom stereocenters. The van der Waals surface area contributed by atoms with Gasteiger partial charge in [-0.25, -0.2) is 4.98 Å². The Bertz CT molecular complexity index is 588. The van der Waals surface area contributed by atoms with E-state index in [0.717, 1.165) is 11.3 Å². The number of pyridine rings is 1. The van der Waals surface area contributed by atoms with Gasteiger partial charge in [-0.1, -0.05) is 17.7 Å². The van der Waals surface area contributed by atoms with E-state index in [-0.39, 0.29) is 5.91 Å². The highest BCUT2D eigenvalue weighted by molar-refractivity contribution is 6.29. The van der Waals surface area contributed by atoms with Crippen molar-refractivity contribution in [3.8, 4) is 0 Å². The number of aromatic nitrogens is 1. The van der Waals surface area contributed by atoms with Crippen LogP contribution in [0.2, 0.25) is 5.15 Å². The SMILES string of the molecule is Cc1ccc(/C=C/C(=O)NCc2ccc(Cl)nc2)o1. The van der Waals surface area contributed by atoms with Crippen molar-refractivity contribution in [2.24, 2.45) is 0 Å². The van der Waals surface area contributed by atoms with Crippen LogP contribution >= 0.6 is 11.6 Å². The summed E-state index contributed by atoms with van der Waals surface area (Å²) in [5.74, 6) is 1.28. The lowest BCUT2D eigenvalue weighted by Crippen LogP contribution is -2.20.